The third-order valence-electron chi connectivity index (χ3n) is 2.79. The van der Waals surface area contributed by atoms with Gasteiger partial charge in [0, 0.05) is 31.6 Å². The molecular formula is C12H14N4O3. The molecule has 0 radical (unpaired) electrons. The summed E-state index contributed by atoms with van der Waals surface area (Å²) in [6, 6.07) is 0. The summed E-state index contributed by atoms with van der Waals surface area (Å²) in [4.78, 5) is 44.1. The lowest BCUT2D eigenvalue weighted by atomic mass is 10.2. The van der Waals surface area contributed by atoms with E-state index in [-0.39, 0.29) is 17.9 Å². The molecule has 19 heavy (non-hydrogen) atoms. The molecule has 2 heterocycles. The van der Waals surface area contributed by atoms with Gasteiger partial charge in [0.05, 0.1) is 5.56 Å². The molecular weight excluding hydrogens is 248 g/mol. The molecule has 0 spiro atoms. The molecule has 0 aromatic carbocycles. The van der Waals surface area contributed by atoms with Gasteiger partial charge in [0.2, 0.25) is 0 Å². The first-order valence-electron chi connectivity index (χ1n) is 5.91. The fourth-order valence-electron chi connectivity index (χ4n) is 1.81. The fourth-order valence-corrected chi connectivity index (χ4v) is 1.81. The van der Waals surface area contributed by atoms with Gasteiger partial charge in [-0.05, 0) is 13.3 Å². The van der Waals surface area contributed by atoms with E-state index >= 15 is 0 Å². The van der Waals surface area contributed by atoms with Gasteiger partial charge in [0.1, 0.15) is 5.82 Å². The van der Waals surface area contributed by atoms with E-state index in [2.05, 4.69) is 15.0 Å². The van der Waals surface area contributed by atoms with Gasteiger partial charge in [-0.2, -0.15) is 0 Å². The van der Waals surface area contributed by atoms with Crippen molar-refractivity contribution in [3.63, 3.8) is 0 Å². The highest BCUT2D eigenvalue weighted by Gasteiger charge is 2.10. The molecule has 2 N–H and O–H groups in total. The van der Waals surface area contributed by atoms with E-state index in [0.717, 1.165) is 16.6 Å². The van der Waals surface area contributed by atoms with Crippen molar-refractivity contribution in [2.75, 3.05) is 0 Å². The highest BCUT2D eigenvalue weighted by atomic mass is 16.2. The van der Waals surface area contributed by atoms with Crippen molar-refractivity contribution in [1.82, 2.24) is 19.5 Å². The van der Waals surface area contributed by atoms with Crippen molar-refractivity contribution in [2.24, 2.45) is 0 Å². The number of nitrogens with one attached hydrogen (secondary N) is 2. The van der Waals surface area contributed by atoms with Crippen LogP contribution < -0.4 is 11.2 Å². The van der Waals surface area contributed by atoms with Crippen LogP contribution in [-0.2, 0) is 13.0 Å². The molecule has 0 aliphatic carbocycles. The van der Waals surface area contributed by atoms with Crippen LogP contribution in [0, 0.1) is 0 Å². The van der Waals surface area contributed by atoms with Crippen LogP contribution in [0.5, 0.6) is 0 Å². The Labute approximate surface area is 108 Å². The summed E-state index contributed by atoms with van der Waals surface area (Å²) in [6.45, 7) is 1.54. The van der Waals surface area contributed by atoms with E-state index in [1.807, 2.05) is 0 Å². The number of nitrogens with zero attached hydrogens (tertiary/aromatic N) is 2. The molecule has 2 aromatic heterocycles. The summed E-state index contributed by atoms with van der Waals surface area (Å²) in [5.74, 6) is 0.438. The largest absolute Gasteiger partial charge is 0.349 e. The minimum absolute atomic E-state index is 0.00222. The number of hydrogen-bond donors (Lipinski definition) is 2. The maximum absolute atomic E-state index is 11.9. The quantitative estimate of drug-likeness (QED) is 0.746. The number of aromatic nitrogens is 4. The molecule has 0 amide bonds. The monoisotopic (exact) mass is 262 g/mol. The average Bonchev–Trinajstić information content (AvgIpc) is 2.86. The topological polar surface area (TPSA) is 101 Å². The maximum atomic E-state index is 11.9. The number of aryl methyl sites for hydroxylation is 1. The zero-order valence-electron chi connectivity index (χ0n) is 10.5. The Morgan fingerprint density at radius 1 is 1.37 bits per heavy atom. The molecule has 2 aromatic rings. The first-order valence-corrected chi connectivity index (χ1v) is 5.91. The zero-order chi connectivity index (χ0) is 13.8. The van der Waals surface area contributed by atoms with Crippen LogP contribution in [0.1, 0.15) is 29.5 Å². The summed E-state index contributed by atoms with van der Waals surface area (Å²) in [6.07, 6.45) is 5.73. The van der Waals surface area contributed by atoms with Crippen molar-refractivity contribution in [3.8, 4) is 0 Å². The van der Waals surface area contributed by atoms with Crippen LogP contribution in [0.4, 0.5) is 0 Å². The van der Waals surface area contributed by atoms with Crippen LogP contribution in [0.3, 0.4) is 0 Å². The summed E-state index contributed by atoms with van der Waals surface area (Å²) in [5, 5.41) is 0. The van der Waals surface area contributed by atoms with Crippen molar-refractivity contribution in [3.05, 3.63) is 50.8 Å². The van der Waals surface area contributed by atoms with Crippen molar-refractivity contribution in [1.29, 1.82) is 0 Å². The van der Waals surface area contributed by atoms with Crippen molar-refractivity contribution < 1.29 is 4.79 Å². The average molecular weight is 262 g/mol. The van der Waals surface area contributed by atoms with Gasteiger partial charge >= 0.3 is 5.69 Å². The number of carbonyl (C=O) groups excluding carboxylic acids is 1. The van der Waals surface area contributed by atoms with Gasteiger partial charge in [0.15, 0.2) is 5.78 Å². The fraction of sp³-hybridized carbons (Fsp3) is 0.333. The first kappa shape index (κ1) is 13.0. The molecule has 0 aliphatic rings. The lowest BCUT2D eigenvalue weighted by Gasteiger charge is -2.04. The third-order valence-corrected chi connectivity index (χ3v) is 2.79. The van der Waals surface area contributed by atoms with E-state index in [1.165, 1.54) is 6.92 Å². The molecule has 0 fully saturated rings. The highest BCUT2D eigenvalue weighted by Crippen LogP contribution is 1.96. The second-order valence-corrected chi connectivity index (χ2v) is 4.16. The Balaban J connectivity index is 2.16. The smallest absolute Gasteiger partial charge is 0.328 e. The summed E-state index contributed by atoms with van der Waals surface area (Å²) < 4.78 is 1.04. The van der Waals surface area contributed by atoms with Crippen LogP contribution in [0.15, 0.2) is 28.2 Å². The van der Waals surface area contributed by atoms with E-state index in [4.69, 9.17) is 0 Å². The number of hydrogen-bond acceptors (Lipinski definition) is 4. The molecule has 0 unspecified atom stereocenters. The van der Waals surface area contributed by atoms with Gasteiger partial charge in [0.25, 0.3) is 5.56 Å². The highest BCUT2D eigenvalue weighted by molar-refractivity contribution is 5.93. The van der Waals surface area contributed by atoms with Crippen LogP contribution in [-0.4, -0.2) is 25.3 Å². The van der Waals surface area contributed by atoms with Gasteiger partial charge in [-0.1, -0.05) is 0 Å². The van der Waals surface area contributed by atoms with Gasteiger partial charge in [-0.3, -0.25) is 14.2 Å². The van der Waals surface area contributed by atoms with Gasteiger partial charge in [-0.25, -0.2) is 9.78 Å². The molecule has 2 rings (SSSR count). The van der Waals surface area contributed by atoms with E-state index in [1.54, 1.807) is 12.4 Å². The Kier molecular flexibility index (Phi) is 3.74. The maximum Gasteiger partial charge on any atom is 0.328 e. The zero-order valence-corrected chi connectivity index (χ0v) is 10.5. The van der Waals surface area contributed by atoms with Crippen molar-refractivity contribution >= 4 is 5.78 Å². The summed E-state index contributed by atoms with van der Waals surface area (Å²) in [5.41, 5.74) is -1.05. The molecule has 0 saturated heterocycles. The molecule has 7 nitrogen and oxygen atoms in total. The standard InChI is InChI=1S/C12H14N4O3/c1-8(17)9-7-15-12(19)16(11(9)18)6-2-3-10-13-4-5-14-10/h4-5,7H,2-3,6H2,1H3,(H,13,14)(H,15,19). The Morgan fingerprint density at radius 2 is 2.16 bits per heavy atom. The van der Waals surface area contributed by atoms with Crippen LogP contribution >= 0.6 is 0 Å². The molecule has 100 valence electrons. The number of ketones is 1. The predicted molar refractivity (Wildman–Crippen MR) is 68.2 cm³/mol. The van der Waals surface area contributed by atoms with E-state index in [0.29, 0.717) is 12.8 Å². The Bertz CT molecular complexity index is 682. The summed E-state index contributed by atoms with van der Waals surface area (Å²) >= 11 is 0. The second kappa shape index (κ2) is 5.47. The van der Waals surface area contributed by atoms with E-state index < -0.39 is 11.2 Å². The Morgan fingerprint density at radius 3 is 2.79 bits per heavy atom. The van der Waals surface area contributed by atoms with Crippen LogP contribution in [0.2, 0.25) is 0 Å². The van der Waals surface area contributed by atoms with E-state index in [9.17, 15) is 14.4 Å². The third kappa shape index (κ3) is 2.87. The minimum Gasteiger partial charge on any atom is -0.349 e. The van der Waals surface area contributed by atoms with Crippen LogP contribution in [0.25, 0.3) is 0 Å². The van der Waals surface area contributed by atoms with Gasteiger partial charge < -0.3 is 9.97 Å². The number of carbonyl (C=O) groups is 1. The Hall–Kier alpha value is -2.44. The number of aromatic amines is 2. The normalized spacial score (nSPS) is 10.6. The molecule has 0 bridgehead atoms. The molecule has 0 saturated carbocycles. The van der Waals surface area contributed by atoms with Crippen molar-refractivity contribution in [2.45, 2.75) is 26.3 Å². The SMILES string of the molecule is CC(=O)c1c[nH]c(=O)n(CCCc2ncc[nH]2)c1=O. The summed E-state index contributed by atoms with van der Waals surface area (Å²) in [7, 11) is 0. The molecule has 0 atom stereocenters. The number of Topliss-reactive ketones (excluding diaryl/α,β-unsaturated/α-hetero) is 1. The lowest BCUT2D eigenvalue weighted by molar-refractivity contribution is 0.101. The minimum atomic E-state index is -0.546. The predicted octanol–water partition coefficient (Wildman–Crippen LogP) is 0.0951. The van der Waals surface area contributed by atoms with Gasteiger partial charge in [-0.15, -0.1) is 0 Å². The molecule has 7 heteroatoms. The molecule has 0 aliphatic heterocycles. The number of imidazole rings is 1. The second-order valence-electron chi connectivity index (χ2n) is 4.16. The lowest BCUT2D eigenvalue weighted by Crippen LogP contribution is -2.37. The number of rotatable bonds is 5. The number of H-pyrrole nitrogens is 2. The first-order chi connectivity index (χ1) is 9.09.